The Morgan fingerprint density at radius 1 is 1.20 bits per heavy atom. The number of hydrogen-bond acceptors (Lipinski definition) is 3. The Hall–Kier alpha value is -0.900. The summed E-state index contributed by atoms with van der Waals surface area (Å²) in [6.07, 6.45) is 2.61. The summed E-state index contributed by atoms with van der Waals surface area (Å²) < 4.78 is 6.01. The molecule has 0 unspecified atom stereocenters. The van der Waals surface area contributed by atoms with E-state index in [1.165, 1.54) is 5.56 Å². The zero-order valence-corrected chi connectivity index (χ0v) is 12.8. The monoisotopic (exact) mass is 277 g/mol. The fourth-order valence-corrected chi connectivity index (χ4v) is 2.77. The summed E-state index contributed by atoms with van der Waals surface area (Å²) in [5.74, 6) is 0. The second-order valence-corrected chi connectivity index (χ2v) is 6.80. The first-order chi connectivity index (χ1) is 9.44. The topological polar surface area (TPSA) is 41.5 Å². The molecule has 2 rings (SSSR count). The summed E-state index contributed by atoms with van der Waals surface area (Å²) in [5.41, 5.74) is 1.23. The van der Waals surface area contributed by atoms with Crippen molar-refractivity contribution in [3.63, 3.8) is 0 Å². The molecule has 0 aromatic heterocycles. The number of hydrogen-bond donors (Lipinski definition) is 2. The molecule has 0 saturated heterocycles. The molecule has 20 heavy (non-hydrogen) atoms. The van der Waals surface area contributed by atoms with E-state index in [9.17, 15) is 5.11 Å². The van der Waals surface area contributed by atoms with Crippen LogP contribution in [0.4, 0.5) is 0 Å². The van der Waals surface area contributed by atoms with Crippen LogP contribution in [-0.4, -0.2) is 28.9 Å². The maximum absolute atomic E-state index is 10.1. The molecule has 3 atom stereocenters. The van der Waals surface area contributed by atoms with Gasteiger partial charge in [-0.05, 0) is 45.6 Å². The molecule has 0 spiro atoms. The van der Waals surface area contributed by atoms with Crippen LogP contribution in [0.1, 0.15) is 45.6 Å². The molecule has 1 aromatic carbocycles. The molecule has 1 fully saturated rings. The van der Waals surface area contributed by atoms with Crippen LogP contribution in [0, 0.1) is 0 Å². The van der Waals surface area contributed by atoms with E-state index in [-0.39, 0.29) is 23.8 Å². The Morgan fingerprint density at radius 2 is 1.90 bits per heavy atom. The fraction of sp³-hybridized carbons (Fsp3) is 0.647. The Labute approximate surface area is 122 Å². The summed E-state index contributed by atoms with van der Waals surface area (Å²) in [6, 6.07) is 10.4. The van der Waals surface area contributed by atoms with Crippen LogP contribution >= 0.6 is 0 Å². The molecule has 1 aliphatic rings. The van der Waals surface area contributed by atoms with E-state index >= 15 is 0 Å². The molecule has 0 aliphatic heterocycles. The molecule has 112 valence electrons. The van der Waals surface area contributed by atoms with Gasteiger partial charge in [0.05, 0.1) is 18.8 Å². The molecule has 1 aromatic rings. The third kappa shape index (κ3) is 4.89. The van der Waals surface area contributed by atoms with Crippen molar-refractivity contribution in [2.75, 3.05) is 0 Å². The number of benzene rings is 1. The number of rotatable bonds is 4. The number of nitrogens with one attached hydrogen (secondary N) is 1. The molecule has 1 saturated carbocycles. The zero-order chi connectivity index (χ0) is 14.6. The van der Waals surface area contributed by atoms with Gasteiger partial charge in [-0.1, -0.05) is 30.3 Å². The van der Waals surface area contributed by atoms with E-state index < -0.39 is 0 Å². The molecule has 3 nitrogen and oxygen atoms in total. The SMILES string of the molecule is CC(C)(C)N[C@@H]1C[C@@H](OCc2ccccc2)CC[C@H]1O. The van der Waals surface area contributed by atoms with Gasteiger partial charge in [0, 0.05) is 11.6 Å². The van der Waals surface area contributed by atoms with Crippen molar-refractivity contribution in [2.45, 2.75) is 70.4 Å². The number of aliphatic hydroxyl groups is 1. The van der Waals surface area contributed by atoms with Crippen molar-refractivity contribution < 1.29 is 9.84 Å². The van der Waals surface area contributed by atoms with Gasteiger partial charge in [0.25, 0.3) is 0 Å². The first-order valence-electron chi connectivity index (χ1n) is 7.55. The van der Waals surface area contributed by atoms with Crippen LogP contribution < -0.4 is 5.32 Å². The second kappa shape index (κ2) is 6.70. The highest BCUT2D eigenvalue weighted by Crippen LogP contribution is 2.24. The van der Waals surface area contributed by atoms with Crippen molar-refractivity contribution in [3.8, 4) is 0 Å². The lowest BCUT2D eigenvalue weighted by molar-refractivity contribution is -0.0320. The van der Waals surface area contributed by atoms with E-state index in [2.05, 4.69) is 38.2 Å². The third-order valence-electron chi connectivity index (χ3n) is 3.71. The number of aliphatic hydroxyl groups excluding tert-OH is 1. The van der Waals surface area contributed by atoms with Crippen LogP contribution in [0.5, 0.6) is 0 Å². The van der Waals surface area contributed by atoms with Crippen LogP contribution in [-0.2, 0) is 11.3 Å². The van der Waals surface area contributed by atoms with E-state index in [1.54, 1.807) is 0 Å². The second-order valence-electron chi connectivity index (χ2n) is 6.80. The van der Waals surface area contributed by atoms with Gasteiger partial charge in [-0.25, -0.2) is 0 Å². The maximum atomic E-state index is 10.1. The molecule has 3 heteroatoms. The smallest absolute Gasteiger partial charge is 0.0720 e. The maximum Gasteiger partial charge on any atom is 0.0720 e. The van der Waals surface area contributed by atoms with Crippen molar-refractivity contribution in [2.24, 2.45) is 0 Å². The lowest BCUT2D eigenvalue weighted by Crippen LogP contribution is -2.53. The highest BCUT2D eigenvalue weighted by Gasteiger charge is 2.31. The van der Waals surface area contributed by atoms with Gasteiger partial charge in [0.1, 0.15) is 0 Å². The minimum atomic E-state index is -0.259. The van der Waals surface area contributed by atoms with Gasteiger partial charge in [-0.15, -0.1) is 0 Å². The highest BCUT2D eigenvalue weighted by atomic mass is 16.5. The van der Waals surface area contributed by atoms with E-state index in [1.807, 2.05) is 18.2 Å². The fourth-order valence-electron chi connectivity index (χ4n) is 2.77. The molecular weight excluding hydrogens is 250 g/mol. The Bertz CT molecular complexity index is 399. The van der Waals surface area contributed by atoms with Crippen LogP contribution in [0.3, 0.4) is 0 Å². The van der Waals surface area contributed by atoms with Crippen LogP contribution in [0.2, 0.25) is 0 Å². The van der Waals surface area contributed by atoms with E-state index in [4.69, 9.17) is 4.74 Å². The molecule has 0 radical (unpaired) electrons. The van der Waals surface area contributed by atoms with Crippen molar-refractivity contribution >= 4 is 0 Å². The van der Waals surface area contributed by atoms with Crippen molar-refractivity contribution in [3.05, 3.63) is 35.9 Å². The summed E-state index contributed by atoms with van der Waals surface area (Å²) in [4.78, 5) is 0. The Morgan fingerprint density at radius 3 is 2.55 bits per heavy atom. The van der Waals surface area contributed by atoms with Crippen LogP contribution in [0.15, 0.2) is 30.3 Å². The normalized spacial score (nSPS) is 27.5. The summed E-state index contributed by atoms with van der Waals surface area (Å²) in [7, 11) is 0. The molecule has 0 heterocycles. The van der Waals surface area contributed by atoms with Crippen molar-refractivity contribution in [1.82, 2.24) is 5.32 Å². The largest absolute Gasteiger partial charge is 0.392 e. The summed E-state index contributed by atoms with van der Waals surface area (Å²) in [5, 5.41) is 13.6. The zero-order valence-electron chi connectivity index (χ0n) is 12.8. The summed E-state index contributed by atoms with van der Waals surface area (Å²) in [6.45, 7) is 7.06. The quantitative estimate of drug-likeness (QED) is 0.889. The standard InChI is InChI=1S/C17H27NO2/c1-17(2,3)18-15-11-14(9-10-16(15)19)20-12-13-7-5-4-6-8-13/h4-8,14-16,18-19H,9-12H2,1-3H3/t14-,15+,16+/m0/s1. The first-order valence-corrected chi connectivity index (χ1v) is 7.55. The Kier molecular flexibility index (Phi) is 5.19. The highest BCUT2D eigenvalue weighted by molar-refractivity contribution is 5.13. The average molecular weight is 277 g/mol. The van der Waals surface area contributed by atoms with Crippen LogP contribution in [0.25, 0.3) is 0 Å². The number of ether oxygens (including phenoxy) is 1. The predicted molar refractivity (Wildman–Crippen MR) is 81.6 cm³/mol. The lowest BCUT2D eigenvalue weighted by atomic mass is 9.88. The average Bonchev–Trinajstić information content (AvgIpc) is 2.39. The van der Waals surface area contributed by atoms with E-state index in [0.717, 1.165) is 19.3 Å². The summed E-state index contributed by atoms with van der Waals surface area (Å²) >= 11 is 0. The van der Waals surface area contributed by atoms with Gasteiger partial charge in [-0.3, -0.25) is 0 Å². The lowest BCUT2D eigenvalue weighted by Gasteiger charge is -2.38. The molecule has 2 N–H and O–H groups in total. The van der Waals surface area contributed by atoms with Gasteiger partial charge in [0.2, 0.25) is 0 Å². The molecule has 0 amide bonds. The van der Waals surface area contributed by atoms with Gasteiger partial charge in [-0.2, -0.15) is 0 Å². The molecule has 0 bridgehead atoms. The first kappa shape index (κ1) is 15.5. The Balaban J connectivity index is 1.84. The minimum Gasteiger partial charge on any atom is -0.392 e. The molecule has 1 aliphatic carbocycles. The predicted octanol–water partition coefficient (Wildman–Crippen LogP) is 2.87. The van der Waals surface area contributed by atoms with Gasteiger partial charge < -0.3 is 15.2 Å². The van der Waals surface area contributed by atoms with E-state index in [0.29, 0.717) is 6.61 Å². The minimum absolute atomic E-state index is 0.0208. The molecular formula is C17H27NO2. The third-order valence-corrected chi connectivity index (χ3v) is 3.71. The van der Waals surface area contributed by atoms with Gasteiger partial charge >= 0.3 is 0 Å². The van der Waals surface area contributed by atoms with Gasteiger partial charge in [0.15, 0.2) is 0 Å². The van der Waals surface area contributed by atoms with Crippen molar-refractivity contribution in [1.29, 1.82) is 0 Å².